The van der Waals surface area contributed by atoms with Gasteiger partial charge in [-0.1, -0.05) is 31.5 Å². The van der Waals surface area contributed by atoms with Gasteiger partial charge in [-0.3, -0.25) is 0 Å². The number of aryl methyl sites for hydroxylation is 1. The van der Waals surface area contributed by atoms with Crippen molar-refractivity contribution < 1.29 is 4.74 Å². The highest BCUT2D eigenvalue weighted by Gasteiger charge is 2.09. The van der Waals surface area contributed by atoms with Crippen molar-refractivity contribution in [2.75, 3.05) is 0 Å². The summed E-state index contributed by atoms with van der Waals surface area (Å²) in [6, 6.07) is 11.9. The van der Waals surface area contributed by atoms with E-state index in [1.54, 1.807) is 6.20 Å². The molecule has 20 heavy (non-hydrogen) atoms. The van der Waals surface area contributed by atoms with Crippen molar-refractivity contribution in [2.24, 2.45) is 5.73 Å². The van der Waals surface area contributed by atoms with Crippen LogP contribution in [0.4, 0.5) is 0 Å². The third-order valence-corrected chi connectivity index (χ3v) is 3.25. The molecule has 106 valence electrons. The molecule has 1 heterocycles. The minimum Gasteiger partial charge on any atom is -0.439 e. The second kappa shape index (κ2) is 7.06. The van der Waals surface area contributed by atoms with Crippen LogP contribution in [0.15, 0.2) is 42.6 Å². The number of unbranched alkanes of at least 4 members (excludes halogenated alkanes) is 1. The maximum atomic E-state index is 5.93. The van der Waals surface area contributed by atoms with Gasteiger partial charge in [0.1, 0.15) is 5.75 Å². The molecule has 3 heteroatoms. The molecule has 0 fully saturated rings. The lowest BCUT2D eigenvalue weighted by atomic mass is 10.1. The zero-order valence-corrected chi connectivity index (χ0v) is 12.2. The van der Waals surface area contributed by atoms with E-state index in [0.717, 1.165) is 17.7 Å². The lowest BCUT2D eigenvalue weighted by Crippen LogP contribution is -2.07. The number of hydrogen-bond donors (Lipinski definition) is 1. The van der Waals surface area contributed by atoms with Crippen LogP contribution in [0, 0.1) is 0 Å². The number of aromatic nitrogens is 1. The fourth-order valence-corrected chi connectivity index (χ4v) is 2.05. The zero-order chi connectivity index (χ0) is 14.4. The van der Waals surface area contributed by atoms with Gasteiger partial charge in [0.2, 0.25) is 5.88 Å². The lowest BCUT2D eigenvalue weighted by molar-refractivity contribution is 0.452. The molecule has 2 N–H and O–H groups in total. The van der Waals surface area contributed by atoms with Gasteiger partial charge in [0, 0.05) is 17.8 Å². The van der Waals surface area contributed by atoms with Gasteiger partial charge < -0.3 is 10.5 Å². The highest BCUT2D eigenvalue weighted by atomic mass is 16.5. The Labute approximate surface area is 120 Å². The van der Waals surface area contributed by atoms with Crippen LogP contribution in [0.25, 0.3) is 0 Å². The van der Waals surface area contributed by atoms with Crippen molar-refractivity contribution in [3.8, 4) is 11.6 Å². The molecule has 1 aromatic carbocycles. The predicted molar refractivity (Wildman–Crippen MR) is 82.0 cm³/mol. The molecule has 0 saturated heterocycles. The maximum absolute atomic E-state index is 5.93. The summed E-state index contributed by atoms with van der Waals surface area (Å²) in [4.78, 5) is 4.27. The Kier molecular flexibility index (Phi) is 5.13. The highest BCUT2D eigenvalue weighted by Crippen LogP contribution is 2.26. The van der Waals surface area contributed by atoms with Crippen molar-refractivity contribution in [1.29, 1.82) is 0 Å². The van der Waals surface area contributed by atoms with Gasteiger partial charge in [0.05, 0.1) is 0 Å². The Morgan fingerprint density at radius 1 is 1.20 bits per heavy atom. The lowest BCUT2D eigenvalue weighted by Gasteiger charge is -2.12. The molecule has 0 aliphatic heterocycles. The van der Waals surface area contributed by atoms with Gasteiger partial charge in [-0.2, -0.15) is 0 Å². The summed E-state index contributed by atoms with van der Waals surface area (Å²) in [5.74, 6) is 1.38. The first-order chi connectivity index (χ1) is 9.70. The van der Waals surface area contributed by atoms with Crippen LogP contribution in [0.1, 0.15) is 43.9 Å². The monoisotopic (exact) mass is 270 g/mol. The zero-order valence-electron chi connectivity index (χ0n) is 12.2. The van der Waals surface area contributed by atoms with E-state index in [1.165, 1.54) is 18.4 Å². The molecule has 1 atom stereocenters. The number of benzene rings is 1. The third kappa shape index (κ3) is 3.81. The predicted octanol–water partition coefficient (Wildman–Crippen LogP) is 4.24. The number of pyridine rings is 1. The van der Waals surface area contributed by atoms with Crippen LogP contribution >= 0.6 is 0 Å². The minimum atomic E-state index is -0.0949. The molecule has 0 spiro atoms. The van der Waals surface area contributed by atoms with Gasteiger partial charge in [0.15, 0.2) is 0 Å². The van der Waals surface area contributed by atoms with Crippen molar-refractivity contribution >= 4 is 0 Å². The molecule has 0 aliphatic rings. The Balaban J connectivity index is 2.10. The van der Waals surface area contributed by atoms with Crippen LogP contribution in [0.3, 0.4) is 0 Å². The fraction of sp³-hybridized carbons (Fsp3) is 0.353. The first-order valence-corrected chi connectivity index (χ1v) is 7.18. The largest absolute Gasteiger partial charge is 0.439 e. The molecule has 0 unspecified atom stereocenters. The second-order valence-electron chi connectivity index (χ2n) is 5.04. The molecule has 2 rings (SSSR count). The van der Waals surface area contributed by atoms with Crippen molar-refractivity contribution in [3.05, 3.63) is 53.7 Å². The van der Waals surface area contributed by atoms with Crippen LogP contribution < -0.4 is 10.5 Å². The molecule has 0 radical (unpaired) electrons. The summed E-state index contributed by atoms with van der Waals surface area (Å²) in [7, 11) is 0. The van der Waals surface area contributed by atoms with E-state index in [2.05, 4.69) is 24.0 Å². The first-order valence-electron chi connectivity index (χ1n) is 7.18. The number of ether oxygens (including phenoxy) is 1. The van der Waals surface area contributed by atoms with Gasteiger partial charge in [-0.25, -0.2) is 4.98 Å². The van der Waals surface area contributed by atoms with Crippen LogP contribution in [0.5, 0.6) is 11.6 Å². The Morgan fingerprint density at radius 2 is 1.95 bits per heavy atom. The van der Waals surface area contributed by atoms with E-state index >= 15 is 0 Å². The highest BCUT2D eigenvalue weighted by molar-refractivity contribution is 5.35. The molecule has 2 aromatic rings. The van der Waals surface area contributed by atoms with Gasteiger partial charge >= 0.3 is 0 Å². The van der Waals surface area contributed by atoms with E-state index in [0.29, 0.717) is 5.88 Å². The van der Waals surface area contributed by atoms with E-state index < -0.39 is 0 Å². The van der Waals surface area contributed by atoms with E-state index in [9.17, 15) is 0 Å². The molecule has 3 nitrogen and oxygen atoms in total. The quantitative estimate of drug-likeness (QED) is 0.854. The molecule has 0 amide bonds. The van der Waals surface area contributed by atoms with E-state index in [-0.39, 0.29) is 6.04 Å². The average molecular weight is 270 g/mol. The van der Waals surface area contributed by atoms with Gasteiger partial charge in [-0.15, -0.1) is 0 Å². The third-order valence-electron chi connectivity index (χ3n) is 3.25. The first kappa shape index (κ1) is 14.5. The Morgan fingerprint density at radius 3 is 2.60 bits per heavy atom. The van der Waals surface area contributed by atoms with Crippen LogP contribution in [0.2, 0.25) is 0 Å². The van der Waals surface area contributed by atoms with Gasteiger partial charge in [-0.05, 0) is 43.5 Å². The van der Waals surface area contributed by atoms with Crippen LogP contribution in [-0.4, -0.2) is 4.98 Å². The van der Waals surface area contributed by atoms with E-state index in [1.807, 2.05) is 31.2 Å². The smallest absolute Gasteiger partial charge is 0.223 e. The second-order valence-corrected chi connectivity index (χ2v) is 5.04. The topological polar surface area (TPSA) is 48.1 Å². The number of hydrogen-bond acceptors (Lipinski definition) is 3. The standard InChI is InChI=1S/C17H22N2O/c1-3-4-6-14-8-10-15(11-9-14)20-17-16(13(2)18)7-5-12-19-17/h5,7-13H,3-4,6,18H2,1-2H3/t13-/m0/s1. The van der Waals surface area contributed by atoms with Crippen molar-refractivity contribution in [1.82, 2.24) is 4.98 Å². The SMILES string of the molecule is CCCCc1ccc(Oc2ncccc2[C@H](C)N)cc1. The Hall–Kier alpha value is -1.87. The summed E-state index contributed by atoms with van der Waals surface area (Å²) in [5, 5.41) is 0. The van der Waals surface area contributed by atoms with Gasteiger partial charge in [0.25, 0.3) is 0 Å². The number of rotatable bonds is 6. The number of nitrogens with zero attached hydrogens (tertiary/aromatic N) is 1. The summed E-state index contributed by atoms with van der Waals surface area (Å²) in [6.07, 6.45) is 5.27. The summed E-state index contributed by atoms with van der Waals surface area (Å²) in [6.45, 7) is 4.13. The molecular weight excluding hydrogens is 248 g/mol. The maximum Gasteiger partial charge on any atom is 0.223 e. The fourth-order valence-electron chi connectivity index (χ4n) is 2.05. The average Bonchev–Trinajstić information content (AvgIpc) is 2.47. The van der Waals surface area contributed by atoms with Crippen molar-refractivity contribution in [3.63, 3.8) is 0 Å². The van der Waals surface area contributed by atoms with Crippen LogP contribution in [-0.2, 0) is 6.42 Å². The van der Waals surface area contributed by atoms with E-state index in [4.69, 9.17) is 10.5 Å². The molecule has 1 aromatic heterocycles. The summed E-state index contributed by atoms with van der Waals surface area (Å²) >= 11 is 0. The van der Waals surface area contributed by atoms with Crippen molar-refractivity contribution in [2.45, 2.75) is 39.2 Å². The molecular formula is C17H22N2O. The minimum absolute atomic E-state index is 0.0949. The summed E-state index contributed by atoms with van der Waals surface area (Å²) < 4.78 is 5.84. The molecule has 0 bridgehead atoms. The molecule has 0 saturated carbocycles. The normalized spacial score (nSPS) is 12.2. The Bertz CT molecular complexity index is 535. The molecule has 0 aliphatic carbocycles. The number of nitrogens with two attached hydrogens (primary N) is 1. The summed E-state index contributed by atoms with van der Waals surface area (Å²) in [5.41, 5.74) is 8.19.